The number of carbonyl (C=O) groups is 1. The summed E-state index contributed by atoms with van der Waals surface area (Å²) in [6.45, 7) is 5.08. The highest BCUT2D eigenvalue weighted by atomic mass is 16.6. The second-order valence-corrected chi connectivity index (χ2v) is 5.45. The van der Waals surface area contributed by atoms with Gasteiger partial charge in [-0.1, -0.05) is 6.92 Å². The summed E-state index contributed by atoms with van der Waals surface area (Å²) in [5, 5.41) is 20.0. The summed E-state index contributed by atoms with van der Waals surface area (Å²) < 4.78 is 0. The van der Waals surface area contributed by atoms with E-state index in [0.717, 1.165) is 25.1 Å². The van der Waals surface area contributed by atoms with Crippen molar-refractivity contribution >= 4 is 17.3 Å². The van der Waals surface area contributed by atoms with Crippen molar-refractivity contribution in [2.24, 2.45) is 5.92 Å². The first-order chi connectivity index (χ1) is 9.40. The van der Waals surface area contributed by atoms with E-state index in [4.69, 9.17) is 5.11 Å². The molecule has 6 heteroatoms. The van der Waals surface area contributed by atoms with Crippen LogP contribution in [0.1, 0.15) is 37.0 Å². The van der Waals surface area contributed by atoms with Gasteiger partial charge in [-0.3, -0.25) is 10.1 Å². The maximum Gasteiger partial charge on any atom is 0.342 e. The number of carboxylic acids is 1. The standard InChI is InChI=1S/C14H18N2O4/c1-9-3-4-10(2)15(8-9)11-5-6-12(14(17)18)13(7-11)16(19)20/h5-7,9-10H,3-4,8H2,1-2H3,(H,17,18). The molecule has 0 spiro atoms. The number of nitro benzene ring substituents is 1. The minimum Gasteiger partial charge on any atom is -0.477 e. The Morgan fingerprint density at radius 3 is 2.70 bits per heavy atom. The lowest BCUT2D eigenvalue weighted by molar-refractivity contribution is -0.385. The second-order valence-electron chi connectivity index (χ2n) is 5.45. The molecule has 1 fully saturated rings. The molecule has 0 bridgehead atoms. The zero-order chi connectivity index (χ0) is 14.9. The van der Waals surface area contributed by atoms with Gasteiger partial charge < -0.3 is 10.0 Å². The number of aromatic carboxylic acids is 1. The number of carboxylic acid groups (broad SMARTS) is 1. The number of benzene rings is 1. The highest BCUT2D eigenvalue weighted by molar-refractivity contribution is 5.93. The molecule has 0 radical (unpaired) electrons. The minimum absolute atomic E-state index is 0.267. The molecular formula is C14H18N2O4. The van der Waals surface area contributed by atoms with Gasteiger partial charge in [-0.05, 0) is 37.8 Å². The van der Waals surface area contributed by atoms with Crippen LogP contribution in [0, 0.1) is 16.0 Å². The average molecular weight is 278 g/mol. The van der Waals surface area contributed by atoms with E-state index in [1.54, 1.807) is 6.07 Å². The van der Waals surface area contributed by atoms with E-state index >= 15 is 0 Å². The van der Waals surface area contributed by atoms with Gasteiger partial charge in [-0.25, -0.2) is 4.79 Å². The van der Waals surface area contributed by atoms with Gasteiger partial charge >= 0.3 is 5.97 Å². The van der Waals surface area contributed by atoms with E-state index in [-0.39, 0.29) is 11.3 Å². The van der Waals surface area contributed by atoms with Crippen LogP contribution in [-0.2, 0) is 0 Å². The summed E-state index contributed by atoms with van der Waals surface area (Å²) >= 11 is 0. The Labute approximate surface area is 117 Å². The summed E-state index contributed by atoms with van der Waals surface area (Å²) in [7, 11) is 0. The number of hydrogen-bond donors (Lipinski definition) is 1. The highest BCUT2D eigenvalue weighted by Crippen LogP contribution is 2.31. The molecule has 0 amide bonds. The largest absolute Gasteiger partial charge is 0.477 e. The van der Waals surface area contributed by atoms with E-state index in [1.807, 2.05) is 0 Å². The smallest absolute Gasteiger partial charge is 0.342 e. The number of anilines is 1. The second kappa shape index (κ2) is 5.48. The van der Waals surface area contributed by atoms with Crippen LogP contribution in [0.4, 0.5) is 11.4 Å². The van der Waals surface area contributed by atoms with Gasteiger partial charge in [0.1, 0.15) is 5.56 Å². The molecule has 1 heterocycles. The number of rotatable bonds is 3. The van der Waals surface area contributed by atoms with Crippen molar-refractivity contribution in [2.75, 3.05) is 11.4 Å². The first kappa shape index (κ1) is 14.3. The van der Waals surface area contributed by atoms with E-state index in [1.165, 1.54) is 12.1 Å². The molecule has 108 valence electrons. The minimum atomic E-state index is -1.27. The average Bonchev–Trinajstić information content (AvgIpc) is 2.40. The molecular weight excluding hydrogens is 260 g/mol. The molecule has 2 unspecified atom stereocenters. The van der Waals surface area contributed by atoms with Crippen LogP contribution in [0.25, 0.3) is 0 Å². The third-order valence-electron chi connectivity index (χ3n) is 3.86. The molecule has 0 saturated carbocycles. The van der Waals surface area contributed by atoms with Crippen LogP contribution in [0.15, 0.2) is 18.2 Å². The lowest BCUT2D eigenvalue weighted by atomic mass is 9.94. The summed E-state index contributed by atoms with van der Waals surface area (Å²) in [5.74, 6) is -0.743. The molecule has 1 aromatic carbocycles. The SMILES string of the molecule is CC1CCC(C)N(c2ccc(C(=O)O)c([N+](=O)[O-])c2)C1. The molecule has 20 heavy (non-hydrogen) atoms. The molecule has 1 aromatic rings. The Hall–Kier alpha value is -2.11. The fourth-order valence-electron chi connectivity index (χ4n) is 2.68. The monoisotopic (exact) mass is 278 g/mol. The Balaban J connectivity index is 2.40. The Bertz CT molecular complexity index is 544. The Kier molecular flexibility index (Phi) is 3.92. The first-order valence-corrected chi connectivity index (χ1v) is 6.68. The number of nitrogens with zero attached hydrogens (tertiary/aromatic N) is 2. The van der Waals surface area contributed by atoms with Gasteiger partial charge in [0.2, 0.25) is 0 Å². The molecule has 6 nitrogen and oxygen atoms in total. The van der Waals surface area contributed by atoms with Crippen LogP contribution < -0.4 is 4.90 Å². The molecule has 2 atom stereocenters. The first-order valence-electron chi connectivity index (χ1n) is 6.68. The molecule has 1 saturated heterocycles. The van der Waals surface area contributed by atoms with Gasteiger partial charge in [-0.2, -0.15) is 0 Å². The highest BCUT2D eigenvalue weighted by Gasteiger charge is 2.26. The van der Waals surface area contributed by atoms with Crippen LogP contribution in [0.3, 0.4) is 0 Å². The van der Waals surface area contributed by atoms with Gasteiger partial charge in [0.05, 0.1) is 4.92 Å². The van der Waals surface area contributed by atoms with Crippen LogP contribution in [0.5, 0.6) is 0 Å². The summed E-state index contributed by atoms with van der Waals surface area (Å²) in [6.07, 6.45) is 2.18. The lowest BCUT2D eigenvalue weighted by Crippen LogP contribution is -2.41. The summed E-state index contributed by atoms with van der Waals surface area (Å²) in [5.41, 5.74) is 0.109. The van der Waals surface area contributed by atoms with Gasteiger partial charge in [0.25, 0.3) is 5.69 Å². The van der Waals surface area contributed by atoms with Crippen molar-refractivity contribution in [3.8, 4) is 0 Å². The molecule has 1 N–H and O–H groups in total. The van der Waals surface area contributed by atoms with E-state index < -0.39 is 10.9 Å². The fraction of sp³-hybridized carbons (Fsp3) is 0.500. The summed E-state index contributed by atoms with van der Waals surface area (Å²) in [4.78, 5) is 23.5. The zero-order valence-corrected chi connectivity index (χ0v) is 11.6. The van der Waals surface area contributed by atoms with Crippen molar-refractivity contribution in [1.29, 1.82) is 0 Å². The van der Waals surface area contributed by atoms with E-state index in [9.17, 15) is 14.9 Å². The molecule has 2 rings (SSSR count). The molecule has 0 aromatic heterocycles. The molecule has 0 aliphatic carbocycles. The van der Waals surface area contributed by atoms with Crippen molar-refractivity contribution in [3.63, 3.8) is 0 Å². The van der Waals surface area contributed by atoms with Gasteiger partial charge in [-0.15, -0.1) is 0 Å². The molecule has 1 aliphatic heterocycles. The fourth-order valence-corrected chi connectivity index (χ4v) is 2.68. The Morgan fingerprint density at radius 2 is 2.10 bits per heavy atom. The van der Waals surface area contributed by atoms with Gasteiger partial charge in [0.15, 0.2) is 0 Å². The lowest BCUT2D eigenvalue weighted by Gasteiger charge is -2.38. The number of hydrogen-bond acceptors (Lipinski definition) is 4. The van der Waals surface area contributed by atoms with Gasteiger partial charge in [0, 0.05) is 24.3 Å². The van der Waals surface area contributed by atoms with Crippen molar-refractivity contribution in [1.82, 2.24) is 0 Å². The normalized spacial score (nSPS) is 22.6. The zero-order valence-electron chi connectivity index (χ0n) is 11.6. The quantitative estimate of drug-likeness (QED) is 0.679. The van der Waals surface area contributed by atoms with Crippen LogP contribution in [0.2, 0.25) is 0 Å². The van der Waals surface area contributed by atoms with Crippen molar-refractivity contribution < 1.29 is 14.8 Å². The van der Waals surface area contributed by atoms with E-state index in [0.29, 0.717) is 12.0 Å². The summed E-state index contributed by atoms with van der Waals surface area (Å²) in [6, 6.07) is 4.66. The molecule has 1 aliphatic rings. The van der Waals surface area contributed by atoms with Crippen molar-refractivity contribution in [2.45, 2.75) is 32.7 Å². The maximum absolute atomic E-state index is 11.0. The third kappa shape index (κ3) is 2.74. The number of nitro groups is 1. The van der Waals surface area contributed by atoms with E-state index in [2.05, 4.69) is 18.7 Å². The van der Waals surface area contributed by atoms with Crippen LogP contribution in [-0.4, -0.2) is 28.6 Å². The topological polar surface area (TPSA) is 83.7 Å². The maximum atomic E-state index is 11.0. The van der Waals surface area contributed by atoms with Crippen LogP contribution >= 0.6 is 0 Å². The third-order valence-corrected chi connectivity index (χ3v) is 3.86. The Morgan fingerprint density at radius 1 is 1.40 bits per heavy atom. The predicted octanol–water partition coefficient (Wildman–Crippen LogP) is 2.92. The number of piperidine rings is 1. The predicted molar refractivity (Wildman–Crippen MR) is 75.3 cm³/mol. The van der Waals surface area contributed by atoms with Crippen molar-refractivity contribution in [3.05, 3.63) is 33.9 Å².